The predicted molar refractivity (Wildman–Crippen MR) is 127 cm³/mol. The van der Waals surface area contributed by atoms with Gasteiger partial charge in [0.15, 0.2) is 0 Å². The third kappa shape index (κ3) is 7.38. The minimum Gasteiger partial charge on any atom is -0.491 e. The van der Waals surface area contributed by atoms with E-state index in [9.17, 15) is 19.1 Å². The summed E-state index contributed by atoms with van der Waals surface area (Å²) >= 11 is 0. The third-order valence-electron chi connectivity index (χ3n) is 4.80. The number of nitrogens with zero attached hydrogens (tertiary/aromatic N) is 4. The predicted octanol–water partition coefficient (Wildman–Crippen LogP) is 2.49. The summed E-state index contributed by atoms with van der Waals surface area (Å²) in [5.41, 5.74) is 6.77. The fraction of sp³-hybridized carbons (Fsp3) is 0.280. The molecule has 0 bridgehead atoms. The summed E-state index contributed by atoms with van der Waals surface area (Å²) in [6.07, 6.45) is 3.77. The van der Waals surface area contributed by atoms with E-state index in [0.29, 0.717) is 36.6 Å². The van der Waals surface area contributed by atoms with Gasteiger partial charge in [-0.15, -0.1) is 0 Å². The molecule has 2 aromatic heterocycles. The molecule has 0 fully saturated rings. The lowest BCUT2D eigenvalue weighted by atomic mass is 10.1. The third-order valence-corrected chi connectivity index (χ3v) is 4.80. The molecule has 0 unspecified atom stereocenters. The molecule has 0 aliphatic carbocycles. The number of aliphatic hydroxyl groups is 1. The van der Waals surface area contributed by atoms with Crippen LogP contribution in [0, 0.1) is 17.8 Å². The van der Waals surface area contributed by atoms with Gasteiger partial charge in [0.2, 0.25) is 11.9 Å². The number of benzene rings is 1. The average Bonchev–Trinajstić information content (AvgIpc) is 3.21. The number of halogens is 1. The summed E-state index contributed by atoms with van der Waals surface area (Å²) in [6.45, 7) is 3.65. The van der Waals surface area contributed by atoms with E-state index in [1.54, 1.807) is 50.1 Å². The second-order valence-electron chi connectivity index (χ2n) is 8.30. The second kappa shape index (κ2) is 10.8. The minimum atomic E-state index is -1.04. The largest absolute Gasteiger partial charge is 0.491 e. The molecule has 0 atom stereocenters. The van der Waals surface area contributed by atoms with Crippen molar-refractivity contribution in [2.45, 2.75) is 32.3 Å². The number of amides is 2. The highest BCUT2D eigenvalue weighted by Gasteiger charge is 2.20. The molecular formula is C25H26FN5O4. The van der Waals surface area contributed by atoms with Gasteiger partial charge in [0.05, 0.1) is 24.9 Å². The molecule has 1 aliphatic rings. The number of nitrogens with two attached hydrogens (primary N) is 1. The highest BCUT2D eigenvalue weighted by atomic mass is 19.1. The highest BCUT2D eigenvalue weighted by Crippen LogP contribution is 2.31. The molecule has 2 amide bonds. The Hall–Kier alpha value is -4.23. The van der Waals surface area contributed by atoms with Crippen molar-refractivity contribution < 1.29 is 23.8 Å². The summed E-state index contributed by atoms with van der Waals surface area (Å²) in [7, 11) is 1.73. The smallest absolute Gasteiger partial charge is 0.339 e. The number of pyridine rings is 1. The van der Waals surface area contributed by atoms with E-state index in [1.165, 1.54) is 18.5 Å². The molecule has 1 aromatic carbocycles. The molecule has 0 radical (unpaired) electrons. The van der Waals surface area contributed by atoms with Gasteiger partial charge in [0, 0.05) is 30.9 Å². The summed E-state index contributed by atoms with van der Waals surface area (Å²) in [5, 5.41) is 13.3. The van der Waals surface area contributed by atoms with Crippen LogP contribution in [0.4, 0.5) is 14.9 Å². The molecule has 10 heteroatoms. The van der Waals surface area contributed by atoms with Gasteiger partial charge in [-0.05, 0) is 49.7 Å². The topological polar surface area (TPSA) is 124 Å². The van der Waals surface area contributed by atoms with Gasteiger partial charge in [0.1, 0.15) is 11.4 Å². The Kier molecular flexibility index (Phi) is 7.83. The lowest BCUT2D eigenvalue weighted by Crippen LogP contribution is -2.25. The monoisotopic (exact) mass is 479 g/mol. The molecule has 182 valence electrons. The Morgan fingerprint density at radius 3 is 2.74 bits per heavy atom. The standard InChI is InChI=1S/C15H17NO3.C10H9FN4O/c1-15(2,18)8-6-11-4-5-13-12(10-11)16(3)14(17)7-9-19-13;11-9-3-1-2-8(14-9)4-7-5-13-15(6-7)10(12)16/h4-5,10,18H,7,9H2,1-3H3;1-3,5-6H,4H2,(H2,12,16). The zero-order valence-corrected chi connectivity index (χ0v) is 19.7. The van der Waals surface area contributed by atoms with Crippen LogP contribution in [0.15, 0.2) is 48.8 Å². The molecule has 4 rings (SSSR count). The number of primary amides is 1. The maximum atomic E-state index is 12.8. The van der Waals surface area contributed by atoms with E-state index in [4.69, 9.17) is 10.5 Å². The van der Waals surface area contributed by atoms with E-state index < -0.39 is 17.6 Å². The quantitative estimate of drug-likeness (QED) is 0.430. The van der Waals surface area contributed by atoms with Crippen LogP contribution in [0.3, 0.4) is 0 Å². The first-order chi connectivity index (χ1) is 16.5. The van der Waals surface area contributed by atoms with E-state index in [0.717, 1.165) is 15.8 Å². The van der Waals surface area contributed by atoms with Crippen molar-refractivity contribution in [3.63, 3.8) is 0 Å². The normalized spacial score (nSPS) is 12.8. The SMILES string of the molecule is CN1C(=O)CCOc2ccc(C#CC(C)(C)O)cc21.NC(=O)n1cc(Cc2cccc(F)n2)cn1. The zero-order chi connectivity index (χ0) is 25.6. The van der Waals surface area contributed by atoms with E-state index >= 15 is 0 Å². The van der Waals surface area contributed by atoms with Crippen LogP contribution in [-0.4, -0.2) is 51.1 Å². The van der Waals surface area contributed by atoms with Gasteiger partial charge in [-0.1, -0.05) is 17.9 Å². The molecule has 3 N–H and O–H groups in total. The van der Waals surface area contributed by atoms with Crippen LogP contribution < -0.4 is 15.4 Å². The van der Waals surface area contributed by atoms with Crippen molar-refractivity contribution in [3.05, 3.63) is 71.6 Å². The van der Waals surface area contributed by atoms with E-state index in [1.807, 2.05) is 6.07 Å². The van der Waals surface area contributed by atoms with Crippen molar-refractivity contribution in [1.82, 2.24) is 14.8 Å². The number of carbonyl (C=O) groups is 2. The molecule has 0 saturated carbocycles. The van der Waals surface area contributed by atoms with Crippen molar-refractivity contribution >= 4 is 17.6 Å². The number of fused-ring (bicyclic) bond motifs is 1. The summed E-state index contributed by atoms with van der Waals surface area (Å²) in [6, 6.07) is 9.33. The first kappa shape index (κ1) is 25.4. The van der Waals surface area contributed by atoms with Crippen molar-refractivity contribution in [1.29, 1.82) is 0 Å². The number of ether oxygens (including phenoxy) is 1. The fourth-order valence-electron chi connectivity index (χ4n) is 3.08. The van der Waals surface area contributed by atoms with Crippen LogP contribution in [0.2, 0.25) is 0 Å². The van der Waals surface area contributed by atoms with Crippen LogP contribution >= 0.6 is 0 Å². The van der Waals surface area contributed by atoms with Crippen molar-refractivity contribution in [2.75, 3.05) is 18.6 Å². The lowest BCUT2D eigenvalue weighted by Gasteiger charge is -2.16. The van der Waals surface area contributed by atoms with Gasteiger partial charge in [0.25, 0.3) is 0 Å². The molecule has 1 aliphatic heterocycles. The maximum absolute atomic E-state index is 12.8. The molecule has 3 aromatic rings. The number of rotatable bonds is 2. The van der Waals surface area contributed by atoms with Gasteiger partial charge >= 0.3 is 6.03 Å². The number of anilines is 1. The molecule has 9 nitrogen and oxygen atoms in total. The maximum Gasteiger partial charge on any atom is 0.339 e. The average molecular weight is 480 g/mol. The fourth-order valence-corrected chi connectivity index (χ4v) is 3.08. The summed E-state index contributed by atoms with van der Waals surface area (Å²) < 4.78 is 19.3. The van der Waals surface area contributed by atoms with Crippen molar-refractivity contribution in [2.24, 2.45) is 5.73 Å². The Morgan fingerprint density at radius 1 is 1.31 bits per heavy atom. The first-order valence-electron chi connectivity index (χ1n) is 10.8. The number of hydrogen-bond acceptors (Lipinski definition) is 6. The number of aromatic nitrogens is 3. The molecular weight excluding hydrogens is 453 g/mol. The zero-order valence-electron chi connectivity index (χ0n) is 19.7. The first-order valence-corrected chi connectivity index (χ1v) is 10.8. The van der Waals surface area contributed by atoms with Gasteiger partial charge in [-0.2, -0.15) is 14.2 Å². The molecule has 0 saturated heterocycles. The Bertz CT molecular complexity index is 1290. The van der Waals surface area contributed by atoms with E-state index in [-0.39, 0.29) is 5.91 Å². The van der Waals surface area contributed by atoms with Crippen LogP contribution in [-0.2, 0) is 11.2 Å². The van der Waals surface area contributed by atoms with Crippen LogP contribution in [0.5, 0.6) is 5.75 Å². The van der Waals surface area contributed by atoms with Crippen LogP contribution in [0.25, 0.3) is 0 Å². The molecule has 3 heterocycles. The van der Waals surface area contributed by atoms with Gasteiger partial charge in [-0.3, -0.25) is 4.79 Å². The lowest BCUT2D eigenvalue weighted by molar-refractivity contribution is -0.118. The van der Waals surface area contributed by atoms with Gasteiger partial charge in [-0.25, -0.2) is 9.78 Å². The highest BCUT2D eigenvalue weighted by molar-refractivity contribution is 5.95. The van der Waals surface area contributed by atoms with E-state index in [2.05, 4.69) is 21.9 Å². The summed E-state index contributed by atoms with van der Waals surface area (Å²) in [4.78, 5) is 27.8. The summed E-state index contributed by atoms with van der Waals surface area (Å²) in [5.74, 6) is 5.82. The Morgan fingerprint density at radius 2 is 2.09 bits per heavy atom. The van der Waals surface area contributed by atoms with Crippen LogP contribution in [0.1, 0.15) is 37.1 Å². The number of carbonyl (C=O) groups excluding carboxylic acids is 2. The second-order valence-corrected chi connectivity index (χ2v) is 8.30. The molecule has 0 spiro atoms. The molecule has 35 heavy (non-hydrogen) atoms. The number of hydrogen-bond donors (Lipinski definition) is 2. The Labute approximate surface area is 202 Å². The van der Waals surface area contributed by atoms with Gasteiger partial charge < -0.3 is 20.5 Å². The Balaban J connectivity index is 0.000000198. The minimum absolute atomic E-state index is 0.0198. The van der Waals surface area contributed by atoms with Crippen molar-refractivity contribution in [3.8, 4) is 17.6 Å².